The first-order chi connectivity index (χ1) is 11.2. The van der Waals surface area contributed by atoms with E-state index in [-0.39, 0.29) is 25.2 Å². The standard InChI is InChI=1S/C20H23NO2.CH4/c1-21-16-9-10-18(21)19(20(22)23-2)17(12-16)15-8-7-13-5-3-4-6-14(13)11-15;/h3-8,11,16-19H,9-10,12H2,1-2H3;1H4/t16-,17-,18?,19?;/m1./s1. The molecule has 3 nitrogen and oxygen atoms in total. The second-order valence-electron chi connectivity index (χ2n) is 6.96. The molecule has 24 heavy (non-hydrogen) atoms. The third-order valence-electron chi connectivity index (χ3n) is 5.94. The predicted octanol–water partition coefficient (Wildman–Crippen LogP) is 4.22. The van der Waals surface area contributed by atoms with Crippen LogP contribution in [0.2, 0.25) is 0 Å². The van der Waals surface area contributed by atoms with Gasteiger partial charge in [-0.1, -0.05) is 49.9 Å². The van der Waals surface area contributed by atoms with E-state index in [1.807, 2.05) is 0 Å². The number of hydrogen-bond donors (Lipinski definition) is 0. The highest BCUT2D eigenvalue weighted by Gasteiger charge is 2.49. The first kappa shape index (κ1) is 17.0. The van der Waals surface area contributed by atoms with Crippen molar-refractivity contribution in [2.24, 2.45) is 5.92 Å². The minimum absolute atomic E-state index is 0. The Labute approximate surface area is 144 Å². The van der Waals surface area contributed by atoms with Crippen LogP contribution in [0, 0.1) is 5.92 Å². The van der Waals surface area contributed by atoms with Crippen LogP contribution >= 0.6 is 0 Å². The third kappa shape index (κ3) is 2.61. The second kappa shape index (κ2) is 6.56. The topological polar surface area (TPSA) is 29.5 Å². The molecule has 0 saturated carbocycles. The molecule has 4 atom stereocenters. The molecule has 0 aromatic heterocycles. The fraction of sp³-hybridized carbons (Fsp3) is 0.476. The Balaban J connectivity index is 0.00000169. The number of esters is 1. The number of fused-ring (bicyclic) bond motifs is 3. The summed E-state index contributed by atoms with van der Waals surface area (Å²) in [5, 5.41) is 2.50. The number of methoxy groups -OCH3 is 1. The van der Waals surface area contributed by atoms with E-state index in [0.29, 0.717) is 12.1 Å². The Hall–Kier alpha value is -1.87. The lowest BCUT2D eigenvalue weighted by Gasteiger charge is -2.41. The zero-order valence-electron chi connectivity index (χ0n) is 13.7. The van der Waals surface area contributed by atoms with Crippen molar-refractivity contribution >= 4 is 16.7 Å². The van der Waals surface area contributed by atoms with Crippen LogP contribution in [0.25, 0.3) is 10.8 Å². The predicted molar refractivity (Wildman–Crippen MR) is 98.1 cm³/mol. The second-order valence-corrected chi connectivity index (χ2v) is 6.96. The van der Waals surface area contributed by atoms with Crippen molar-refractivity contribution in [3.8, 4) is 0 Å². The molecule has 2 heterocycles. The molecule has 0 aliphatic carbocycles. The van der Waals surface area contributed by atoms with Gasteiger partial charge < -0.3 is 4.74 Å². The van der Waals surface area contributed by atoms with Crippen LogP contribution in [-0.4, -0.2) is 37.1 Å². The van der Waals surface area contributed by atoms with Crippen LogP contribution < -0.4 is 0 Å². The molecule has 2 aliphatic heterocycles. The van der Waals surface area contributed by atoms with Gasteiger partial charge in [0.2, 0.25) is 0 Å². The fourth-order valence-corrected chi connectivity index (χ4v) is 4.71. The molecule has 2 saturated heterocycles. The monoisotopic (exact) mass is 325 g/mol. The molecule has 2 bridgehead atoms. The highest BCUT2D eigenvalue weighted by Crippen LogP contribution is 2.46. The molecule has 0 spiro atoms. The summed E-state index contributed by atoms with van der Waals surface area (Å²) < 4.78 is 5.16. The van der Waals surface area contributed by atoms with Crippen LogP contribution in [0.15, 0.2) is 42.5 Å². The normalized spacial score (nSPS) is 29.2. The van der Waals surface area contributed by atoms with Gasteiger partial charge in [0.25, 0.3) is 0 Å². The van der Waals surface area contributed by atoms with E-state index in [2.05, 4.69) is 54.4 Å². The molecular formula is C21H27NO2. The van der Waals surface area contributed by atoms with Gasteiger partial charge in [-0.25, -0.2) is 0 Å². The van der Waals surface area contributed by atoms with Gasteiger partial charge in [-0.05, 0) is 42.6 Å². The molecule has 2 unspecified atom stereocenters. The summed E-state index contributed by atoms with van der Waals surface area (Å²) in [4.78, 5) is 14.9. The zero-order chi connectivity index (χ0) is 16.0. The molecule has 2 fully saturated rings. The van der Waals surface area contributed by atoms with Crippen LogP contribution in [0.4, 0.5) is 0 Å². The molecule has 128 valence electrons. The largest absolute Gasteiger partial charge is 0.469 e. The Morgan fingerprint density at radius 3 is 2.62 bits per heavy atom. The van der Waals surface area contributed by atoms with Crippen molar-refractivity contribution in [1.82, 2.24) is 4.90 Å². The Bertz CT molecular complexity index is 741. The van der Waals surface area contributed by atoms with Crippen molar-refractivity contribution in [2.45, 2.75) is 44.7 Å². The molecule has 2 aromatic rings. The first-order valence-electron chi connectivity index (χ1n) is 8.47. The number of carbonyl (C=O) groups is 1. The van der Waals surface area contributed by atoms with Gasteiger partial charge in [0.1, 0.15) is 0 Å². The maximum Gasteiger partial charge on any atom is 0.310 e. The molecule has 0 N–H and O–H groups in total. The molecule has 3 heteroatoms. The lowest BCUT2D eigenvalue weighted by Crippen LogP contribution is -2.49. The average Bonchev–Trinajstić information content (AvgIpc) is 2.83. The van der Waals surface area contributed by atoms with E-state index in [1.54, 1.807) is 0 Å². The van der Waals surface area contributed by atoms with E-state index >= 15 is 0 Å². The zero-order valence-corrected chi connectivity index (χ0v) is 13.7. The minimum atomic E-state index is -0.0552. The SMILES string of the molecule is C.COC(=O)C1C2CC[C@H](C[C@@H]1c1ccc3ccccc3c1)N2C. The van der Waals surface area contributed by atoms with E-state index < -0.39 is 0 Å². The lowest BCUT2D eigenvalue weighted by atomic mass is 9.76. The van der Waals surface area contributed by atoms with Crippen molar-refractivity contribution in [3.05, 3.63) is 48.0 Å². The average molecular weight is 325 g/mol. The Kier molecular flexibility index (Phi) is 4.64. The molecule has 4 rings (SSSR count). The van der Waals surface area contributed by atoms with Crippen LogP contribution in [-0.2, 0) is 9.53 Å². The van der Waals surface area contributed by atoms with Crippen LogP contribution in [0.3, 0.4) is 0 Å². The molecule has 0 amide bonds. The highest BCUT2D eigenvalue weighted by molar-refractivity contribution is 5.83. The number of rotatable bonds is 2. The van der Waals surface area contributed by atoms with Crippen LogP contribution in [0.5, 0.6) is 0 Å². The summed E-state index contributed by atoms with van der Waals surface area (Å²) in [7, 11) is 3.68. The van der Waals surface area contributed by atoms with Gasteiger partial charge in [-0.15, -0.1) is 0 Å². The van der Waals surface area contributed by atoms with E-state index in [9.17, 15) is 4.79 Å². The quantitative estimate of drug-likeness (QED) is 0.775. The number of ether oxygens (including phenoxy) is 1. The highest BCUT2D eigenvalue weighted by atomic mass is 16.5. The molecular weight excluding hydrogens is 298 g/mol. The maximum absolute atomic E-state index is 12.5. The summed E-state index contributed by atoms with van der Waals surface area (Å²) in [6.45, 7) is 0. The van der Waals surface area contributed by atoms with Gasteiger partial charge >= 0.3 is 5.97 Å². The fourth-order valence-electron chi connectivity index (χ4n) is 4.71. The van der Waals surface area contributed by atoms with E-state index in [0.717, 1.165) is 12.8 Å². The number of carbonyl (C=O) groups excluding carboxylic acids is 1. The van der Waals surface area contributed by atoms with Gasteiger partial charge in [-0.2, -0.15) is 0 Å². The Morgan fingerprint density at radius 1 is 1.12 bits per heavy atom. The molecule has 2 aromatic carbocycles. The summed E-state index contributed by atoms with van der Waals surface area (Å²) >= 11 is 0. The summed E-state index contributed by atoms with van der Waals surface area (Å²) in [5.41, 5.74) is 1.28. The number of nitrogens with zero attached hydrogens (tertiary/aromatic N) is 1. The van der Waals surface area contributed by atoms with E-state index in [1.165, 1.54) is 29.9 Å². The van der Waals surface area contributed by atoms with Gasteiger partial charge in [0.05, 0.1) is 13.0 Å². The van der Waals surface area contributed by atoms with Crippen molar-refractivity contribution < 1.29 is 9.53 Å². The number of hydrogen-bond acceptors (Lipinski definition) is 3. The van der Waals surface area contributed by atoms with Crippen LogP contribution in [0.1, 0.15) is 38.2 Å². The summed E-state index contributed by atoms with van der Waals surface area (Å²) in [6.07, 6.45) is 3.34. The molecule has 0 radical (unpaired) electrons. The first-order valence-corrected chi connectivity index (χ1v) is 8.47. The lowest BCUT2D eigenvalue weighted by molar-refractivity contribution is -0.150. The van der Waals surface area contributed by atoms with E-state index in [4.69, 9.17) is 4.74 Å². The smallest absolute Gasteiger partial charge is 0.310 e. The summed E-state index contributed by atoms with van der Waals surface area (Å²) in [5.74, 6) is 0.158. The number of piperidine rings is 1. The van der Waals surface area contributed by atoms with Crippen molar-refractivity contribution in [2.75, 3.05) is 14.2 Å². The van der Waals surface area contributed by atoms with Gasteiger partial charge in [-0.3, -0.25) is 9.69 Å². The van der Waals surface area contributed by atoms with Crippen molar-refractivity contribution in [1.29, 1.82) is 0 Å². The summed E-state index contributed by atoms with van der Waals surface area (Å²) in [6, 6.07) is 16.0. The molecule has 2 aliphatic rings. The third-order valence-corrected chi connectivity index (χ3v) is 5.94. The van der Waals surface area contributed by atoms with Gasteiger partial charge in [0.15, 0.2) is 0 Å². The number of benzene rings is 2. The van der Waals surface area contributed by atoms with Gasteiger partial charge in [0, 0.05) is 18.0 Å². The Morgan fingerprint density at radius 2 is 1.88 bits per heavy atom. The maximum atomic E-state index is 12.5. The minimum Gasteiger partial charge on any atom is -0.469 e. The van der Waals surface area contributed by atoms with Crippen molar-refractivity contribution in [3.63, 3.8) is 0 Å².